The summed E-state index contributed by atoms with van der Waals surface area (Å²) in [6.45, 7) is 4.26. The van der Waals surface area contributed by atoms with Gasteiger partial charge in [0.25, 0.3) is 0 Å². The molecule has 0 aromatic carbocycles. The summed E-state index contributed by atoms with van der Waals surface area (Å²) in [4.78, 5) is 11.7. The molecule has 2 fully saturated rings. The Bertz CT molecular complexity index is 279. The second kappa shape index (κ2) is 7.31. The van der Waals surface area contributed by atoms with E-state index in [0.29, 0.717) is 5.92 Å². The first-order chi connectivity index (χ1) is 9.20. The molecule has 2 heteroatoms. The van der Waals surface area contributed by atoms with Crippen LogP contribution in [0, 0.1) is 17.8 Å². The Labute approximate surface area is 118 Å². The van der Waals surface area contributed by atoms with E-state index in [0.717, 1.165) is 18.8 Å². The zero-order valence-corrected chi connectivity index (χ0v) is 12.7. The van der Waals surface area contributed by atoms with Crippen LogP contribution in [0.1, 0.15) is 78.1 Å². The van der Waals surface area contributed by atoms with Crippen molar-refractivity contribution in [3.8, 4) is 0 Å². The van der Waals surface area contributed by atoms with Gasteiger partial charge in [-0.25, -0.2) is 0 Å². The van der Waals surface area contributed by atoms with Gasteiger partial charge in [-0.3, -0.25) is 4.79 Å². The number of cyclic esters (lactones) is 1. The van der Waals surface area contributed by atoms with E-state index in [-0.39, 0.29) is 18.0 Å². The molecule has 19 heavy (non-hydrogen) atoms. The van der Waals surface area contributed by atoms with Gasteiger partial charge < -0.3 is 4.74 Å². The third-order valence-electron chi connectivity index (χ3n) is 5.19. The molecule has 0 aromatic rings. The molecule has 110 valence electrons. The topological polar surface area (TPSA) is 26.3 Å². The summed E-state index contributed by atoms with van der Waals surface area (Å²) >= 11 is 0. The first-order valence-corrected chi connectivity index (χ1v) is 8.41. The number of esters is 1. The van der Waals surface area contributed by atoms with Crippen LogP contribution in [0.15, 0.2) is 0 Å². The van der Waals surface area contributed by atoms with E-state index in [1.807, 2.05) is 6.92 Å². The lowest BCUT2D eigenvalue weighted by Crippen LogP contribution is -2.36. The smallest absolute Gasteiger partial charge is 0.308 e. The van der Waals surface area contributed by atoms with Crippen molar-refractivity contribution in [3.05, 3.63) is 0 Å². The van der Waals surface area contributed by atoms with E-state index >= 15 is 0 Å². The summed E-state index contributed by atoms with van der Waals surface area (Å²) < 4.78 is 5.63. The number of hydrogen-bond donors (Lipinski definition) is 0. The average molecular weight is 266 g/mol. The van der Waals surface area contributed by atoms with Gasteiger partial charge in [0.15, 0.2) is 0 Å². The maximum Gasteiger partial charge on any atom is 0.308 e. The summed E-state index contributed by atoms with van der Waals surface area (Å²) in [5.74, 6) is 1.77. The van der Waals surface area contributed by atoms with E-state index in [2.05, 4.69) is 6.92 Å². The summed E-state index contributed by atoms with van der Waals surface area (Å²) in [5.41, 5.74) is 0. The second-order valence-electron chi connectivity index (χ2n) is 6.73. The van der Waals surface area contributed by atoms with E-state index in [1.54, 1.807) is 0 Å². The highest BCUT2D eigenvalue weighted by Gasteiger charge is 2.34. The van der Waals surface area contributed by atoms with Crippen molar-refractivity contribution in [3.63, 3.8) is 0 Å². The van der Waals surface area contributed by atoms with Crippen molar-refractivity contribution in [2.75, 3.05) is 0 Å². The molecule has 2 atom stereocenters. The van der Waals surface area contributed by atoms with Crippen molar-refractivity contribution in [1.29, 1.82) is 0 Å². The van der Waals surface area contributed by atoms with Crippen LogP contribution in [0.25, 0.3) is 0 Å². The number of carbonyl (C=O) groups is 1. The molecule has 1 aliphatic carbocycles. The van der Waals surface area contributed by atoms with Crippen LogP contribution in [0.4, 0.5) is 0 Å². The Kier molecular flexibility index (Phi) is 5.72. The first-order valence-electron chi connectivity index (χ1n) is 8.41. The molecule has 2 rings (SSSR count). The zero-order chi connectivity index (χ0) is 13.7. The number of carbonyl (C=O) groups excluding carboxylic acids is 1. The van der Waals surface area contributed by atoms with Gasteiger partial charge in [0.2, 0.25) is 0 Å². The minimum atomic E-state index is 0.0429. The highest BCUT2D eigenvalue weighted by molar-refractivity contribution is 5.72. The number of ether oxygens (including phenoxy) is 1. The molecular weight excluding hydrogens is 236 g/mol. The molecule has 1 saturated carbocycles. The largest absolute Gasteiger partial charge is 0.462 e. The molecule has 0 radical (unpaired) electrons. The van der Waals surface area contributed by atoms with Crippen molar-refractivity contribution < 1.29 is 9.53 Å². The van der Waals surface area contributed by atoms with Gasteiger partial charge in [0, 0.05) is 0 Å². The molecule has 2 nitrogen and oxygen atoms in total. The Hall–Kier alpha value is -0.530. The Morgan fingerprint density at radius 2 is 1.79 bits per heavy atom. The summed E-state index contributed by atoms with van der Waals surface area (Å²) in [7, 11) is 0. The molecule has 0 spiro atoms. The van der Waals surface area contributed by atoms with Gasteiger partial charge in [-0.15, -0.1) is 0 Å². The number of hydrogen-bond acceptors (Lipinski definition) is 2. The molecular formula is C17H30O2. The van der Waals surface area contributed by atoms with E-state index < -0.39 is 0 Å². The van der Waals surface area contributed by atoms with Gasteiger partial charge in [0.1, 0.15) is 6.10 Å². The third-order valence-corrected chi connectivity index (χ3v) is 5.19. The Morgan fingerprint density at radius 3 is 2.42 bits per heavy atom. The quantitative estimate of drug-likeness (QED) is 0.532. The molecule has 2 unspecified atom stereocenters. The average Bonchev–Trinajstić information content (AvgIpc) is 2.43. The highest BCUT2D eigenvalue weighted by atomic mass is 16.5. The lowest BCUT2D eigenvalue weighted by Gasteiger charge is -2.36. The normalized spacial score (nSPS) is 36.0. The van der Waals surface area contributed by atoms with Crippen molar-refractivity contribution in [2.24, 2.45) is 17.8 Å². The summed E-state index contributed by atoms with van der Waals surface area (Å²) in [5, 5.41) is 0. The molecule has 0 aromatic heterocycles. The fraction of sp³-hybridized carbons (Fsp3) is 0.941. The van der Waals surface area contributed by atoms with Crippen LogP contribution < -0.4 is 0 Å². The maximum absolute atomic E-state index is 11.7. The highest BCUT2D eigenvalue weighted by Crippen LogP contribution is 2.37. The Morgan fingerprint density at radius 1 is 1.05 bits per heavy atom. The SMILES string of the molecule is CCCCC[C@H]1CC[C@H](C2CCC(C)C(=O)O2)CC1. The van der Waals surface area contributed by atoms with E-state index in [4.69, 9.17) is 4.74 Å². The zero-order valence-electron chi connectivity index (χ0n) is 12.7. The lowest BCUT2D eigenvalue weighted by molar-refractivity contribution is -0.164. The maximum atomic E-state index is 11.7. The molecule has 1 aliphatic heterocycles. The predicted molar refractivity (Wildman–Crippen MR) is 77.9 cm³/mol. The lowest BCUT2D eigenvalue weighted by atomic mass is 9.76. The summed E-state index contributed by atoms with van der Waals surface area (Å²) in [6.07, 6.45) is 13.2. The van der Waals surface area contributed by atoms with Gasteiger partial charge in [-0.1, -0.05) is 52.4 Å². The van der Waals surface area contributed by atoms with E-state index in [1.165, 1.54) is 51.4 Å². The van der Waals surface area contributed by atoms with Gasteiger partial charge in [-0.05, 0) is 37.5 Å². The molecule has 0 N–H and O–H groups in total. The predicted octanol–water partition coefficient (Wildman–Crippen LogP) is 4.71. The van der Waals surface area contributed by atoms with Crippen LogP contribution >= 0.6 is 0 Å². The van der Waals surface area contributed by atoms with E-state index in [9.17, 15) is 4.79 Å². The van der Waals surface area contributed by atoms with Gasteiger partial charge >= 0.3 is 5.97 Å². The molecule has 2 aliphatic rings. The molecule has 1 heterocycles. The molecule has 0 bridgehead atoms. The van der Waals surface area contributed by atoms with Gasteiger partial charge in [-0.2, -0.15) is 0 Å². The van der Waals surface area contributed by atoms with Crippen LogP contribution in [0.5, 0.6) is 0 Å². The summed E-state index contributed by atoms with van der Waals surface area (Å²) in [6, 6.07) is 0. The van der Waals surface area contributed by atoms with Crippen LogP contribution in [-0.4, -0.2) is 12.1 Å². The molecule has 0 amide bonds. The fourth-order valence-corrected chi connectivity index (χ4v) is 3.72. The Balaban J connectivity index is 1.69. The van der Waals surface area contributed by atoms with Gasteiger partial charge in [0.05, 0.1) is 5.92 Å². The standard InChI is InChI=1S/C17H30O2/c1-3-4-5-6-14-8-10-15(11-9-14)16-12-7-13(2)17(18)19-16/h13-16H,3-12H2,1-2H3/t13?,14-,15-,16?. The monoisotopic (exact) mass is 266 g/mol. The second-order valence-corrected chi connectivity index (χ2v) is 6.73. The fourth-order valence-electron chi connectivity index (χ4n) is 3.72. The minimum Gasteiger partial charge on any atom is -0.462 e. The number of unbranched alkanes of at least 4 members (excludes halogenated alkanes) is 2. The van der Waals surface area contributed by atoms with Crippen molar-refractivity contribution >= 4 is 5.97 Å². The van der Waals surface area contributed by atoms with Crippen LogP contribution in [0.3, 0.4) is 0 Å². The molecule has 1 saturated heterocycles. The van der Waals surface area contributed by atoms with Crippen LogP contribution in [0.2, 0.25) is 0 Å². The first kappa shape index (κ1) is 14.9. The third kappa shape index (κ3) is 4.22. The number of rotatable bonds is 5. The van der Waals surface area contributed by atoms with Crippen LogP contribution in [-0.2, 0) is 9.53 Å². The van der Waals surface area contributed by atoms with Crippen molar-refractivity contribution in [1.82, 2.24) is 0 Å². The minimum absolute atomic E-state index is 0.0429. The van der Waals surface area contributed by atoms with Crippen molar-refractivity contribution in [2.45, 2.75) is 84.2 Å².